The third-order valence-corrected chi connectivity index (χ3v) is 5.76. The van der Waals surface area contributed by atoms with Gasteiger partial charge in [0.1, 0.15) is 12.4 Å². The van der Waals surface area contributed by atoms with Crippen LogP contribution in [-0.4, -0.2) is 0 Å². The molecule has 0 saturated carbocycles. The van der Waals surface area contributed by atoms with E-state index in [1.165, 1.54) is 0 Å². The van der Waals surface area contributed by atoms with Crippen LogP contribution in [-0.2, 0) is 13.2 Å². The Morgan fingerprint density at radius 1 is 0.963 bits per heavy atom. The molecule has 0 aliphatic heterocycles. The lowest BCUT2D eigenvalue weighted by molar-refractivity contribution is 0.304. The summed E-state index contributed by atoms with van der Waals surface area (Å²) in [6, 6.07) is 17.2. The molecule has 0 unspecified atom stereocenters. The molecule has 0 heterocycles. The van der Waals surface area contributed by atoms with Gasteiger partial charge in [0.05, 0.1) is 4.47 Å². The largest absolute Gasteiger partial charge is 0.488 e. The molecule has 6 heteroatoms. The summed E-state index contributed by atoms with van der Waals surface area (Å²) in [5, 5.41) is 5.37. The Bertz CT molecular complexity index is 962. The smallest absolute Gasteiger partial charge is 0.134 e. The van der Waals surface area contributed by atoms with E-state index in [4.69, 9.17) is 39.5 Å². The first-order valence-corrected chi connectivity index (χ1v) is 10.2. The van der Waals surface area contributed by atoms with Crippen LogP contribution < -0.4 is 10.1 Å². The second-order valence-corrected chi connectivity index (χ2v) is 8.16. The van der Waals surface area contributed by atoms with Crippen molar-refractivity contribution in [1.82, 2.24) is 0 Å². The first kappa shape index (κ1) is 20.3. The van der Waals surface area contributed by atoms with Gasteiger partial charge >= 0.3 is 0 Å². The van der Waals surface area contributed by atoms with Crippen LogP contribution in [0.15, 0.2) is 59.1 Å². The van der Waals surface area contributed by atoms with Crippen molar-refractivity contribution < 1.29 is 4.74 Å². The van der Waals surface area contributed by atoms with Gasteiger partial charge in [-0.15, -0.1) is 0 Å². The highest BCUT2D eigenvalue weighted by molar-refractivity contribution is 9.10. The molecular formula is C21H17BrCl3NO. The van der Waals surface area contributed by atoms with Crippen LogP contribution in [0.25, 0.3) is 0 Å². The van der Waals surface area contributed by atoms with E-state index in [2.05, 4.69) is 21.2 Å². The molecule has 2 nitrogen and oxygen atoms in total. The fourth-order valence-electron chi connectivity index (χ4n) is 2.56. The molecular weight excluding hydrogens is 468 g/mol. The van der Waals surface area contributed by atoms with E-state index < -0.39 is 0 Å². The zero-order chi connectivity index (χ0) is 19.4. The second kappa shape index (κ2) is 9.20. The molecule has 0 aliphatic carbocycles. The molecule has 3 aromatic carbocycles. The average Bonchev–Trinajstić information content (AvgIpc) is 2.63. The van der Waals surface area contributed by atoms with E-state index in [1.54, 1.807) is 12.1 Å². The van der Waals surface area contributed by atoms with Gasteiger partial charge in [-0.05, 0) is 70.4 Å². The maximum atomic E-state index is 6.19. The Labute approximate surface area is 182 Å². The van der Waals surface area contributed by atoms with E-state index in [0.717, 1.165) is 37.6 Å². The lowest BCUT2D eigenvalue weighted by Crippen LogP contribution is -2.02. The summed E-state index contributed by atoms with van der Waals surface area (Å²) in [5.74, 6) is 0.753. The normalized spacial score (nSPS) is 10.7. The zero-order valence-corrected chi connectivity index (χ0v) is 18.4. The molecule has 0 atom stereocenters. The van der Waals surface area contributed by atoms with Crippen molar-refractivity contribution in [2.45, 2.75) is 20.1 Å². The van der Waals surface area contributed by atoms with E-state index in [9.17, 15) is 0 Å². The highest BCUT2D eigenvalue weighted by Crippen LogP contribution is 2.29. The van der Waals surface area contributed by atoms with Crippen LogP contribution in [0.5, 0.6) is 5.75 Å². The predicted molar refractivity (Wildman–Crippen MR) is 118 cm³/mol. The zero-order valence-electron chi connectivity index (χ0n) is 14.5. The molecule has 3 aromatic rings. The van der Waals surface area contributed by atoms with Gasteiger partial charge in [-0.1, -0.05) is 53.0 Å². The Hall–Kier alpha value is -1.39. The Kier molecular flexibility index (Phi) is 6.93. The molecule has 140 valence electrons. The average molecular weight is 486 g/mol. The minimum atomic E-state index is 0.369. The summed E-state index contributed by atoms with van der Waals surface area (Å²) in [7, 11) is 0. The van der Waals surface area contributed by atoms with Gasteiger partial charge < -0.3 is 10.1 Å². The highest BCUT2D eigenvalue weighted by atomic mass is 79.9. The lowest BCUT2D eigenvalue weighted by Gasteiger charge is -2.13. The Balaban J connectivity index is 1.64. The van der Waals surface area contributed by atoms with Crippen molar-refractivity contribution in [2.24, 2.45) is 0 Å². The predicted octanol–water partition coefficient (Wildman–Crippen LogP) is 7.91. The number of rotatable bonds is 6. The molecule has 0 aromatic heterocycles. The van der Waals surface area contributed by atoms with Gasteiger partial charge in [-0.25, -0.2) is 0 Å². The van der Waals surface area contributed by atoms with Crippen LogP contribution in [0, 0.1) is 6.92 Å². The maximum absolute atomic E-state index is 6.19. The SMILES string of the molecule is Cc1c(Cl)cccc1NCc1ccc(OCc2ccc(Cl)cc2Cl)c(Br)c1. The number of benzene rings is 3. The Morgan fingerprint density at radius 3 is 2.52 bits per heavy atom. The van der Waals surface area contributed by atoms with Crippen molar-refractivity contribution in [3.63, 3.8) is 0 Å². The fourth-order valence-corrected chi connectivity index (χ4v) is 3.74. The van der Waals surface area contributed by atoms with Crippen molar-refractivity contribution in [3.05, 3.63) is 90.8 Å². The van der Waals surface area contributed by atoms with E-state index in [1.807, 2.05) is 49.4 Å². The number of anilines is 1. The fraction of sp³-hybridized carbons (Fsp3) is 0.143. The maximum Gasteiger partial charge on any atom is 0.134 e. The first-order chi connectivity index (χ1) is 12.9. The minimum absolute atomic E-state index is 0.369. The molecule has 0 radical (unpaired) electrons. The van der Waals surface area contributed by atoms with Gasteiger partial charge in [-0.2, -0.15) is 0 Å². The quantitative estimate of drug-likeness (QED) is 0.383. The van der Waals surface area contributed by atoms with E-state index >= 15 is 0 Å². The number of halogens is 4. The summed E-state index contributed by atoms with van der Waals surface area (Å²) >= 11 is 21.9. The van der Waals surface area contributed by atoms with Crippen LogP contribution in [0.3, 0.4) is 0 Å². The third kappa shape index (κ3) is 5.32. The molecule has 1 N–H and O–H groups in total. The van der Waals surface area contributed by atoms with Crippen LogP contribution in [0.1, 0.15) is 16.7 Å². The van der Waals surface area contributed by atoms with Crippen molar-refractivity contribution in [3.8, 4) is 5.75 Å². The molecule has 0 fully saturated rings. The monoisotopic (exact) mass is 483 g/mol. The number of hydrogen-bond donors (Lipinski definition) is 1. The van der Waals surface area contributed by atoms with Gasteiger partial charge in [0, 0.05) is 32.9 Å². The number of hydrogen-bond acceptors (Lipinski definition) is 2. The van der Waals surface area contributed by atoms with E-state index in [0.29, 0.717) is 23.2 Å². The Morgan fingerprint density at radius 2 is 1.78 bits per heavy atom. The van der Waals surface area contributed by atoms with Gasteiger partial charge in [0.25, 0.3) is 0 Å². The summed E-state index contributed by atoms with van der Waals surface area (Å²) in [5.41, 5.74) is 4.07. The highest BCUT2D eigenvalue weighted by Gasteiger charge is 2.07. The summed E-state index contributed by atoms with van der Waals surface area (Å²) in [6.07, 6.45) is 0. The molecule has 0 aliphatic rings. The van der Waals surface area contributed by atoms with Gasteiger partial charge in [0.2, 0.25) is 0 Å². The summed E-state index contributed by atoms with van der Waals surface area (Å²) in [6.45, 7) is 3.05. The van der Waals surface area contributed by atoms with Gasteiger partial charge in [0.15, 0.2) is 0 Å². The molecule has 0 spiro atoms. The van der Waals surface area contributed by atoms with E-state index in [-0.39, 0.29) is 0 Å². The molecule has 0 bridgehead atoms. The summed E-state index contributed by atoms with van der Waals surface area (Å²) < 4.78 is 6.77. The van der Waals surface area contributed by atoms with Crippen LogP contribution in [0.2, 0.25) is 15.1 Å². The van der Waals surface area contributed by atoms with Crippen molar-refractivity contribution in [2.75, 3.05) is 5.32 Å². The minimum Gasteiger partial charge on any atom is -0.488 e. The topological polar surface area (TPSA) is 21.3 Å². The number of ether oxygens (including phenoxy) is 1. The molecule has 27 heavy (non-hydrogen) atoms. The van der Waals surface area contributed by atoms with Crippen LogP contribution in [0.4, 0.5) is 5.69 Å². The standard InChI is InChI=1S/C21H17BrCl3NO/c1-13-18(24)3-2-4-20(13)26-11-14-5-8-21(17(22)9-14)27-12-15-6-7-16(23)10-19(15)25/h2-10,26H,11-12H2,1H3. The van der Waals surface area contributed by atoms with Crippen molar-refractivity contribution in [1.29, 1.82) is 0 Å². The third-order valence-electron chi connectivity index (χ3n) is 4.15. The lowest BCUT2D eigenvalue weighted by atomic mass is 10.1. The van der Waals surface area contributed by atoms with Crippen molar-refractivity contribution >= 4 is 56.4 Å². The number of nitrogens with one attached hydrogen (secondary N) is 1. The molecule has 0 saturated heterocycles. The summed E-state index contributed by atoms with van der Waals surface area (Å²) in [4.78, 5) is 0. The molecule has 3 rings (SSSR count). The molecule has 0 amide bonds. The van der Waals surface area contributed by atoms with Crippen LogP contribution >= 0.6 is 50.7 Å². The second-order valence-electron chi connectivity index (χ2n) is 6.06. The van der Waals surface area contributed by atoms with Gasteiger partial charge in [-0.3, -0.25) is 0 Å². The first-order valence-electron chi connectivity index (χ1n) is 8.28.